The van der Waals surface area contributed by atoms with Crippen LogP contribution in [0, 0.1) is 0 Å². The second kappa shape index (κ2) is 9.36. The first kappa shape index (κ1) is 18.4. The van der Waals surface area contributed by atoms with E-state index >= 15 is 0 Å². The quantitative estimate of drug-likeness (QED) is 0.380. The van der Waals surface area contributed by atoms with Gasteiger partial charge in [-0.15, -0.1) is 0 Å². The molecule has 0 amide bonds. The maximum absolute atomic E-state index is 5.39. The van der Waals surface area contributed by atoms with Crippen LogP contribution in [0.5, 0.6) is 0 Å². The molecule has 0 saturated heterocycles. The summed E-state index contributed by atoms with van der Waals surface area (Å²) in [6.45, 7) is 2.00. The molecule has 0 radical (unpaired) electrons. The molecule has 0 bridgehead atoms. The van der Waals surface area contributed by atoms with E-state index in [2.05, 4.69) is 91.0 Å². The molecular formula is C24H25OP. The lowest BCUT2D eigenvalue weighted by Crippen LogP contribution is -2.08. The van der Waals surface area contributed by atoms with Crippen molar-refractivity contribution in [3.05, 3.63) is 107 Å². The van der Waals surface area contributed by atoms with E-state index in [1.165, 1.54) is 22.0 Å². The zero-order chi connectivity index (χ0) is 18.2. The highest BCUT2D eigenvalue weighted by molar-refractivity contribution is 7.47. The lowest BCUT2D eigenvalue weighted by molar-refractivity contribution is 0.297. The molecule has 3 rings (SSSR count). The summed E-state index contributed by atoms with van der Waals surface area (Å²) in [4.78, 5) is 0. The van der Waals surface area contributed by atoms with Gasteiger partial charge in [0.1, 0.15) is 0 Å². The van der Waals surface area contributed by atoms with E-state index in [-0.39, 0.29) is 0 Å². The molecule has 2 atom stereocenters. The fraction of sp³-hybridized carbons (Fsp3) is 0.167. The molecule has 3 aromatic rings. The summed E-state index contributed by atoms with van der Waals surface area (Å²) < 4.78 is 5.39. The summed E-state index contributed by atoms with van der Waals surface area (Å²) in [5.41, 5.74) is 3.96. The standard InChI is InChI=1S/C24H25OP/c1-19(25-2)17-21-13-9-10-16-23(21)24(20-11-5-3-6-12-20)18-26-22-14-7-4-8-15-22/h3-17,24,26H,18H2,1-2H3/b19-17+. The first-order chi connectivity index (χ1) is 12.8. The maximum Gasteiger partial charge on any atom is 0.0930 e. The van der Waals surface area contributed by atoms with Crippen LogP contribution in [-0.2, 0) is 4.74 Å². The van der Waals surface area contributed by atoms with Gasteiger partial charge >= 0.3 is 0 Å². The highest BCUT2D eigenvalue weighted by Gasteiger charge is 2.17. The third-order valence-corrected chi connectivity index (χ3v) is 5.89. The van der Waals surface area contributed by atoms with Gasteiger partial charge in [-0.1, -0.05) is 93.5 Å². The fourth-order valence-electron chi connectivity index (χ4n) is 3.11. The SMILES string of the molecule is CO/C(C)=C/c1ccccc1C(CPc1ccccc1)c1ccccc1. The second-order valence-corrected chi connectivity index (χ2v) is 7.64. The molecule has 3 aromatic carbocycles. The Morgan fingerprint density at radius 3 is 2.19 bits per heavy atom. The van der Waals surface area contributed by atoms with Crippen molar-refractivity contribution in [3.63, 3.8) is 0 Å². The van der Waals surface area contributed by atoms with E-state index in [0.29, 0.717) is 5.92 Å². The molecule has 2 heteroatoms. The minimum Gasteiger partial charge on any atom is -0.501 e. The molecular weight excluding hydrogens is 335 g/mol. The van der Waals surface area contributed by atoms with E-state index in [9.17, 15) is 0 Å². The van der Waals surface area contributed by atoms with Crippen molar-refractivity contribution in [1.29, 1.82) is 0 Å². The Hall–Kier alpha value is -2.37. The smallest absolute Gasteiger partial charge is 0.0930 e. The molecule has 132 valence electrons. The lowest BCUT2D eigenvalue weighted by Gasteiger charge is -2.21. The van der Waals surface area contributed by atoms with Crippen LogP contribution in [0.15, 0.2) is 90.7 Å². The van der Waals surface area contributed by atoms with Gasteiger partial charge in [0.05, 0.1) is 12.9 Å². The van der Waals surface area contributed by atoms with Crippen molar-refractivity contribution in [2.45, 2.75) is 12.8 Å². The highest BCUT2D eigenvalue weighted by atomic mass is 31.1. The third-order valence-electron chi connectivity index (χ3n) is 4.54. The van der Waals surface area contributed by atoms with E-state index < -0.39 is 0 Å². The molecule has 0 spiro atoms. The van der Waals surface area contributed by atoms with Crippen LogP contribution < -0.4 is 5.30 Å². The van der Waals surface area contributed by atoms with Gasteiger partial charge in [-0.25, -0.2) is 0 Å². The van der Waals surface area contributed by atoms with Crippen LogP contribution in [0.1, 0.15) is 29.5 Å². The monoisotopic (exact) mass is 360 g/mol. The van der Waals surface area contributed by atoms with Gasteiger partial charge < -0.3 is 4.74 Å². The van der Waals surface area contributed by atoms with Crippen LogP contribution in [0.3, 0.4) is 0 Å². The number of ether oxygens (including phenoxy) is 1. The topological polar surface area (TPSA) is 9.23 Å². The first-order valence-corrected chi connectivity index (χ1v) is 10.1. The van der Waals surface area contributed by atoms with Crippen molar-refractivity contribution in [2.24, 2.45) is 0 Å². The number of hydrogen-bond donors (Lipinski definition) is 0. The van der Waals surface area contributed by atoms with Crippen molar-refractivity contribution in [3.8, 4) is 0 Å². The Morgan fingerprint density at radius 2 is 1.50 bits per heavy atom. The molecule has 26 heavy (non-hydrogen) atoms. The van der Waals surface area contributed by atoms with Crippen LogP contribution >= 0.6 is 8.58 Å². The van der Waals surface area contributed by atoms with Crippen molar-refractivity contribution >= 4 is 20.0 Å². The van der Waals surface area contributed by atoms with Crippen LogP contribution in [-0.4, -0.2) is 13.3 Å². The molecule has 0 saturated carbocycles. The second-order valence-electron chi connectivity index (χ2n) is 6.30. The summed E-state index contributed by atoms with van der Waals surface area (Å²) in [5, 5.41) is 1.41. The molecule has 0 aliphatic rings. The molecule has 0 fully saturated rings. The highest BCUT2D eigenvalue weighted by Crippen LogP contribution is 2.33. The molecule has 2 unspecified atom stereocenters. The summed E-state index contributed by atoms with van der Waals surface area (Å²) in [6, 6.07) is 30.3. The summed E-state index contributed by atoms with van der Waals surface area (Å²) in [7, 11) is 2.50. The number of allylic oxidation sites excluding steroid dienone is 1. The number of methoxy groups -OCH3 is 1. The lowest BCUT2D eigenvalue weighted by atomic mass is 9.89. The van der Waals surface area contributed by atoms with Gasteiger partial charge in [-0.2, -0.15) is 0 Å². The summed E-state index contributed by atoms with van der Waals surface area (Å²) in [5.74, 6) is 1.29. The molecule has 0 heterocycles. The van der Waals surface area contributed by atoms with Gasteiger partial charge in [-0.05, 0) is 41.2 Å². The predicted octanol–water partition coefficient (Wildman–Crippen LogP) is 5.83. The molecule has 1 nitrogen and oxygen atoms in total. The minimum atomic E-state index is 0.367. The largest absolute Gasteiger partial charge is 0.501 e. The van der Waals surface area contributed by atoms with E-state index in [0.717, 1.165) is 20.5 Å². The molecule has 0 N–H and O–H groups in total. The van der Waals surface area contributed by atoms with Gasteiger partial charge in [0.25, 0.3) is 0 Å². The van der Waals surface area contributed by atoms with Crippen molar-refractivity contribution in [2.75, 3.05) is 13.3 Å². The summed E-state index contributed by atoms with van der Waals surface area (Å²) in [6.07, 6.45) is 3.24. The normalized spacial score (nSPS) is 13.1. The zero-order valence-corrected chi connectivity index (χ0v) is 16.4. The Labute approximate surface area is 158 Å². The maximum atomic E-state index is 5.39. The summed E-state index contributed by atoms with van der Waals surface area (Å²) >= 11 is 0. The first-order valence-electron chi connectivity index (χ1n) is 8.93. The number of hydrogen-bond acceptors (Lipinski definition) is 1. The average Bonchev–Trinajstić information content (AvgIpc) is 2.71. The van der Waals surface area contributed by atoms with Gasteiger partial charge in [-0.3, -0.25) is 0 Å². The zero-order valence-electron chi connectivity index (χ0n) is 15.4. The van der Waals surface area contributed by atoms with Gasteiger partial charge in [0.2, 0.25) is 0 Å². The van der Waals surface area contributed by atoms with Crippen LogP contribution in [0.2, 0.25) is 0 Å². The molecule has 0 aliphatic heterocycles. The van der Waals surface area contributed by atoms with E-state index in [4.69, 9.17) is 4.74 Å². The predicted molar refractivity (Wildman–Crippen MR) is 115 cm³/mol. The number of benzene rings is 3. The fourth-order valence-corrected chi connectivity index (χ4v) is 4.43. The van der Waals surface area contributed by atoms with Gasteiger partial charge in [0, 0.05) is 5.92 Å². The van der Waals surface area contributed by atoms with Crippen molar-refractivity contribution < 1.29 is 4.74 Å². The molecule has 0 aromatic heterocycles. The van der Waals surface area contributed by atoms with E-state index in [1.807, 2.05) is 6.92 Å². The van der Waals surface area contributed by atoms with E-state index in [1.54, 1.807) is 7.11 Å². The number of rotatable bonds is 7. The van der Waals surface area contributed by atoms with Gasteiger partial charge in [0.15, 0.2) is 0 Å². The third kappa shape index (κ3) is 4.84. The molecule has 0 aliphatic carbocycles. The Kier molecular flexibility index (Phi) is 6.63. The Bertz CT molecular complexity index is 840. The van der Waals surface area contributed by atoms with Crippen LogP contribution in [0.25, 0.3) is 6.08 Å². The van der Waals surface area contributed by atoms with Crippen LogP contribution in [0.4, 0.5) is 0 Å². The Morgan fingerprint density at radius 1 is 0.885 bits per heavy atom. The average molecular weight is 360 g/mol. The minimum absolute atomic E-state index is 0.367. The Balaban J connectivity index is 1.96. The van der Waals surface area contributed by atoms with Crippen molar-refractivity contribution in [1.82, 2.24) is 0 Å².